The molecule has 0 saturated carbocycles. The normalized spacial score (nSPS) is 12.9. The third-order valence-electron chi connectivity index (χ3n) is 3.32. The Hall–Kier alpha value is -1.72. The SMILES string of the molecule is CCCNC(c1csnn1)c1cc2cccc(C)c2o1. The maximum absolute atomic E-state index is 6.06. The number of aromatic nitrogens is 2. The zero-order chi connectivity index (χ0) is 13.9. The van der Waals surface area contributed by atoms with Crippen LogP contribution in [0.3, 0.4) is 0 Å². The molecule has 0 amide bonds. The topological polar surface area (TPSA) is 51.0 Å². The highest BCUT2D eigenvalue weighted by atomic mass is 32.1. The first-order valence-electron chi connectivity index (χ1n) is 6.79. The molecule has 4 nitrogen and oxygen atoms in total. The molecule has 1 atom stereocenters. The smallest absolute Gasteiger partial charge is 0.137 e. The summed E-state index contributed by atoms with van der Waals surface area (Å²) in [4.78, 5) is 0. The summed E-state index contributed by atoms with van der Waals surface area (Å²) in [6.45, 7) is 5.12. The van der Waals surface area contributed by atoms with E-state index in [2.05, 4.69) is 53.0 Å². The fraction of sp³-hybridized carbons (Fsp3) is 0.333. The predicted molar refractivity (Wildman–Crippen MR) is 81.0 cm³/mol. The predicted octanol–water partition coefficient (Wildman–Crippen LogP) is 3.68. The Bertz CT molecular complexity index is 690. The van der Waals surface area contributed by atoms with Crippen LogP contribution >= 0.6 is 11.5 Å². The first kappa shape index (κ1) is 13.3. The van der Waals surface area contributed by atoms with Crippen molar-refractivity contribution in [3.05, 3.63) is 46.7 Å². The summed E-state index contributed by atoms with van der Waals surface area (Å²) in [5.41, 5.74) is 3.02. The van der Waals surface area contributed by atoms with E-state index in [4.69, 9.17) is 4.42 Å². The second-order valence-electron chi connectivity index (χ2n) is 4.86. The fourth-order valence-electron chi connectivity index (χ4n) is 2.31. The molecule has 0 aliphatic heterocycles. The summed E-state index contributed by atoms with van der Waals surface area (Å²) < 4.78 is 10.0. The lowest BCUT2D eigenvalue weighted by Gasteiger charge is -2.13. The largest absolute Gasteiger partial charge is 0.459 e. The van der Waals surface area contributed by atoms with Crippen LogP contribution in [0.1, 0.15) is 36.4 Å². The third kappa shape index (κ3) is 2.46. The standard InChI is InChI=1S/C15H17N3OS/c1-3-7-16-14(12-9-20-18-17-12)13-8-11-6-4-5-10(2)15(11)19-13/h4-6,8-9,14,16H,3,7H2,1-2H3. The Morgan fingerprint density at radius 2 is 2.30 bits per heavy atom. The number of aryl methyl sites for hydroxylation is 1. The molecule has 20 heavy (non-hydrogen) atoms. The Morgan fingerprint density at radius 1 is 1.40 bits per heavy atom. The summed E-state index contributed by atoms with van der Waals surface area (Å²) in [7, 11) is 0. The Labute approximate surface area is 122 Å². The molecule has 2 heterocycles. The average Bonchev–Trinajstić information content (AvgIpc) is 3.09. The zero-order valence-corrected chi connectivity index (χ0v) is 12.4. The lowest BCUT2D eigenvalue weighted by Crippen LogP contribution is -2.23. The van der Waals surface area contributed by atoms with Crippen molar-refractivity contribution in [1.82, 2.24) is 14.9 Å². The van der Waals surface area contributed by atoms with Crippen LogP contribution in [0, 0.1) is 6.92 Å². The van der Waals surface area contributed by atoms with Crippen LogP contribution < -0.4 is 5.32 Å². The van der Waals surface area contributed by atoms with Gasteiger partial charge >= 0.3 is 0 Å². The van der Waals surface area contributed by atoms with Crippen molar-refractivity contribution in [2.75, 3.05) is 6.54 Å². The van der Waals surface area contributed by atoms with E-state index in [0.717, 1.165) is 41.0 Å². The Kier molecular flexibility index (Phi) is 3.80. The maximum Gasteiger partial charge on any atom is 0.137 e. The van der Waals surface area contributed by atoms with Crippen molar-refractivity contribution in [1.29, 1.82) is 0 Å². The van der Waals surface area contributed by atoms with Crippen molar-refractivity contribution in [2.24, 2.45) is 0 Å². The fourth-order valence-corrected chi connectivity index (χ4v) is 2.79. The van der Waals surface area contributed by atoms with Crippen LogP contribution in [-0.4, -0.2) is 16.1 Å². The van der Waals surface area contributed by atoms with Crippen molar-refractivity contribution < 1.29 is 4.42 Å². The third-order valence-corrected chi connectivity index (χ3v) is 3.84. The first-order chi connectivity index (χ1) is 9.79. The number of benzene rings is 1. The molecule has 0 aliphatic rings. The number of furan rings is 1. The lowest BCUT2D eigenvalue weighted by molar-refractivity contribution is 0.462. The molecule has 0 fully saturated rings. The van der Waals surface area contributed by atoms with Crippen molar-refractivity contribution in [3.63, 3.8) is 0 Å². The highest BCUT2D eigenvalue weighted by Crippen LogP contribution is 2.29. The number of hydrogen-bond acceptors (Lipinski definition) is 5. The van der Waals surface area contributed by atoms with Gasteiger partial charge in [0.25, 0.3) is 0 Å². The van der Waals surface area contributed by atoms with Gasteiger partial charge in [0, 0.05) is 10.8 Å². The summed E-state index contributed by atoms with van der Waals surface area (Å²) in [6, 6.07) is 8.26. The molecule has 0 bridgehead atoms. The van der Waals surface area contributed by atoms with Crippen molar-refractivity contribution in [2.45, 2.75) is 26.3 Å². The van der Waals surface area contributed by atoms with Gasteiger partial charge in [-0.1, -0.05) is 29.6 Å². The van der Waals surface area contributed by atoms with E-state index in [1.54, 1.807) is 0 Å². The Morgan fingerprint density at radius 3 is 3.00 bits per heavy atom. The minimum absolute atomic E-state index is 0.0273. The molecular weight excluding hydrogens is 270 g/mol. The van der Waals surface area contributed by atoms with E-state index in [-0.39, 0.29) is 6.04 Å². The van der Waals surface area contributed by atoms with Crippen LogP contribution in [-0.2, 0) is 0 Å². The van der Waals surface area contributed by atoms with E-state index in [1.807, 2.05) is 5.38 Å². The van der Waals surface area contributed by atoms with Gasteiger partial charge in [-0.2, -0.15) is 0 Å². The molecule has 2 aromatic heterocycles. The van der Waals surface area contributed by atoms with Crippen molar-refractivity contribution in [3.8, 4) is 0 Å². The number of hydrogen-bond donors (Lipinski definition) is 1. The molecule has 104 valence electrons. The van der Waals surface area contributed by atoms with Gasteiger partial charge in [0.05, 0.1) is 0 Å². The van der Waals surface area contributed by atoms with Gasteiger partial charge in [-0.3, -0.25) is 0 Å². The number of para-hydroxylation sites is 1. The van der Waals surface area contributed by atoms with Crippen LogP contribution in [0.25, 0.3) is 11.0 Å². The summed E-state index contributed by atoms with van der Waals surface area (Å²) >= 11 is 1.36. The maximum atomic E-state index is 6.06. The molecule has 1 N–H and O–H groups in total. The van der Waals surface area contributed by atoms with E-state index >= 15 is 0 Å². The zero-order valence-electron chi connectivity index (χ0n) is 11.6. The van der Waals surface area contributed by atoms with Gasteiger partial charge in [0.15, 0.2) is 0 Å². The molecule has 1 aromatic carbocycles. The molecule has 0 radical (unpaired) electrons. The molecule has 3 rings (SSSR count). The summed E-state index contributed by atoms with van der Waals surface area (Å²) in [5, 5.41) is 10.8. The molecule has 3 aromatic rings. The molecule has 0 saturated heterocycles. The molecular formula is C15H17N3OS. The molecule has 1 unspecified atom stereocenters. The Balaban J connectivity index is 2.02. The summed E-state index contributed by atoms with van der Waals surface area (Å²) in [5.74, 6) is 0.899. The minimum Gasteiger partial charge on any atom is -0.459 e. The number of nitrogens with one attached hydrogen (secondary N) is 1. The van der Waals surface area contributed by atoms with E-state index in [0.29, 0.717) is 0 Å². The van der Waals surface area contributed by atoms with Crippen LogP contribution in [0.5, 0.6) is 0 Å². The van der Waals surface area contributed by atoms with E-state index < -0.39 is 0 Å². The van der Waals surface area contributed by atoms with Crippen molar-refractivity contribution >= 4 is 22.5 Å². The van der Waals surface area contributed by atoms with Gasteiger partial charge in [-0.15, -0.1) is 5.10 Å². The number of nitrogens with zero attached hydrogens (tertiary/aromatic N) is 2. The quantitative estimate of drug-likeness (QED) is 0.777. The number of fused-ring (bicyclic) bond motifs is 1. The van der Waals surface area contributed by atoms with Gasteiger partial charge in [-0.25, -0.2) is 0 Å². The molecule has 0 aliphatic carbocycles. The molecule has 0 spiro atoms. The number of rotatable bonds is 5. The monoisotopic (exact) mass is 287 g/mol. The molecule has 5 heteroatoms. The van der Waals surface area contributed by atoms with Gasteiger partial charge in [-0.05, 0) is 43.1 Å². The highest BCUT2D eigenvalue weighted by molar-refractivity contribution is 7.03. The first-order valence-corrected chi connectivity index (χ1v) is 7.62. The van der Waals surface area contributed by atoms with Gasteiger partial charge < -0.3 is 9.73 Å². The van der Waals surface area contributed by atoms with Gasteiger partial charge in [0.1, 0.15) is 23.1 Å². The van der Waals surface area contributed by atoms with Crippen LogP contribution in [0.2, 0.25) is 0 Å². The average molecular weight is 287 g/mol. The highest BCUT2D eigenvalue weighted by Gasteiger charge is 2.20. The van der Waals surface area contributed by atoms with Gasteiger partial charge in [0.2, 0.25) is 0 Å². The summed E-state index contributed by atoms with van der Waals surface area (Å²) in [6.07, 6.45) is 1.06. The minimum atomic E-state index is -0.0273. The van der Waals surface area contributed by atoms with E-state index in [9.17, 15) is 0 Å². The second-order valence-corrected chi connectivity index (χ2v) is 5.47. The second kappa shape index (κ2) is 5.73. The lowest BCUT2D eigenvalue weighted by atomic mass is 10.1. The van der Waals surface area contributed by atoms with Crippen LogP contribution in [0.15, 0.2) is 34.1 Å². The van der Waals surface area contributed by atoms with E-state index in [1.165, 1.54) is 11.5 Å². The van der Waals surface area contributed by atoms with Crippen LogP contribution in [0.4, 0.5) is 0 Å².